The first-order valence-corrected chi connectivity index (χ1v) is 11.8. The van der Waals surface area contributed by atoms with E-state index in [-0.39, 0.29) is 12.5 Å². The molecular weight excluding hydrogens is 464 g/mol. The van der Waals surface area contributed by atoms with Crippen LogP contribution in [0.15, 0.2) is 18.2 Å². The molecule has 0 N–H and O–H groups in total. The van der Waals surface area contributed by atoms with E-state index in [9.17, 15) is 4.79 Å². The highest BCUT2D eigenvalue weighted by Gasteiger charge is 2.27. The quantitative estimate of drug-likeness (QED) is 0.498. The normalized spacial score (nSPS) is 14.6. The van der Waals surface area contributed by atoms with Crippen LogP contribution < -0.4 is 9.47 Å². The topological polar surface area (TPSA) is 77.0 Å². The molecule has 8 nitrogen and oxygen atoms in total. The number of rotatable bonds is 7. The van der Waals surface area contributed by atoms with E-state index in [4.69, 9.17) is 25.8 Å². The van der Waals surface area contributed by atoms with Gasteiger partial charge in [0.15, 0.2) is 5.82 Å². The van der Waals surface area contributed by atoms with Crippen molar-refractivity contribution in [2.45, 2.75) is 20.1 Å². The minimum absolute atomic E-state index is 0.0193. The molecule has 3 aromatic rings. The predicted molar refractivity (Wildman–Crippen MR) is 129 cm³/mol. The van der Waals surface area contributed by atoms with Crippen molar-refractivity contribution in [3.63, 3.8) is 0 Å². The Kier molecular flexibility index (Phi) is 7.33. The molecule has 0 spiro atoms. The van der Waals surface area contributed by atoms with Gasteiger partial charge in [0.25, 0.3) is 5.91 Å². The molecule has 1 aromatic carbocycles. The summed E-state index contributed by atoms with van der Waals surface area (Å²) in [4.78, 5) is 28.0. The Morgan fingerprint density at radius 2 is 1.88 bits per heavy atom. The van der Waals surface area contributed by atoms with E-state index in [1.807, 2.05) is 30.0 Å². The zero-order valence-corrected chi connectivity index (χ0v) is 20.8. The molecular formula is C23H27ClN4O4S. The lowest BCUT2D eigenvalue weighted by molar-refractivity contribution is 0.0631. The first-order valence-electron chi connectivity index (χ1n) is 10.6. The Balaban J connectivity index is 1.49. The number of carbonyl (C=O) groups is 1. The third kappa shape index (κ3) is 4.91. The molecule has 1 fully saturated rings. The number of hydrogen-bond acceptors (Lipinski definition) is 8. The fourth-order valence-corrected chi connectivity index (χ4v) is 5.41. The highest BCUT2D eigenvalue weighted by molar-refractivity contribution is 7.20. The number of benzene rings is 1. The number of nitrogens with zero attached hydrogens (tertiary/aromatic N) is 4. The summed E-state index contributed by atoms with van der Waals surface area (Å²) in [6.45, 7) is 5.77. The fraction of sp³-hybridized carbons (Fsp3) is 0.435. The molecule has 1 aliphatic rings. The van der Waals surface area contributed by atoms with Crippen LogP contribution in [0.1, 0.15) is 26.6 Å². The summed E-state index contributed by atoms with van der Waals surface area (Å²) < 4.78 is 16.1. The minimum Gasteiger partial charge on any atom is -0.496 e. The standard InChI is InChI=1S/C23H27ClN4O4S/c1-14-19-21(32-4)25-18(13-30-2)26-22(19)33-20(14)23(29)28-9-7-27(8-10-28)12-15-11-16(24)5-6-17(15)31-3/h5-6,11H,7-10,12-13H2,1-4H3. The molecule has 0 aliphatic carbocycles. The van der Waals surface area contributed by atoms with Crippen LogP contribution in [0.3, 0.4) is 0 Å². The van der Waals surface area contributed by atoms with E-state index >= 15 is 0 Å². The van der Waals surface area contributed by atoms with Crippen molar-refractivity contribution in [1.29, 1.82) is 0 Å². The van der Waals surface area contributed by atoms with Gasteiger partial charge in [0.05, 0.1) is 24.5 Å². The third-order valence-corrected chi connectivity index (χ3v) is 7.17. The zero-order chi connectivity index (χ0) is 23.5. The summed E-state index contributed by atoms with van der Waals surface area (Å²) in [6, 6.07) is 5.65. The number of ether oxygens (including phenoxy) is 3. The largest absolute Gasteiger partial charge is 0.496 e. The Labute approximate surface area is 202 Å². The van der Waals surface area contributed by atoms with Gasteiger partial charge < -0.3 is 19.1 Å². The van der Waals surface area contributed by atoms with Crippen LogP contribution in [0.5, 0.6) is 11.6 Å². The maximum absolute atomic E-state index is 13.4. The second kappa shape index (κ2) is 10.2. The van der Waals surface area contributed by atoms with Gasteiger partial charge in [-0.15, -0.1) is 11.3 Å². The van der Waals surface area contributed by atoms with E-state index in [1.165, 1.54) is 11.3 Å². The lowest BCUT2D eigenvalue weighted by Gasteiger charge is -2.34. The molecule has 1 aliphatic heterocycles. The number of piperazine rings is 1. The number of amides is 1. The molecule has 176 valence electrons. The highest BCUT2D eigenvalue weighted by Crippen LogP contribution is 2.36. The minimum atomic E-state index is 0.0193. The van der Waals surface area contributed by atoms with Crippen LogP contribution in [0, 0.1) is 6.92 Å². The SMILES string of the molecule is COCc1nc(OC)c2c(C)c(C(=O)N3CCN(Cc4cc(Cl)ccc4OC)CC3)sc2n1. The van der Waals surface area contributed by atoms with Crippen molar-refractivity contribution in [3.8, 4) is 11.6 Å². The van der Waals surface area contributed by atoms with Gasteiger partial charge in [-0.05, 0) is 30.7 Å². The van der Waals surface area contributed by atoms with E-state index in [0.717, 1.165) is 46.7 Å². The van der Waals surface area contributed by atoms with Crippen molar-refractivity contribution in [1.82, 2.24) is 19.8 Å². The fourth-order valence-electron chi connectivity index (χ4n) is 4.05. The number of fused-ring (bicyclic) bond motifs is 1. The molecule has 0 saturated carbocycles. The van der Waals surface area contributed by atoms with Crippen LogP contribution >= 0.6 is 22.9 Å². The van der Waals surface area contributed by atoms with Crippen LogP contribution in [-0.4, -0.2) is 73.2 Å². The van der Waals surface area contributed by atoms with Crippen molar-refractivity contribution in [2.75, 3.05) is 47.5 Å². The average Bonchev–Trinajstić information content (AvgIpc) is 3.15. The summed E-state index contributed by atoms with van der Waals surface area (Å²) in [5, 5.41) is 1.48. The number of methoxy groups -OCH3 is 3. The summed E-state index contributed by atoms with van der Waals surface area (Å²) in [5.74, 6) is 1.85. The molecule has 0 bridgehead atoms. The lowest BCUT2D eigenvalue weighted by atomic mass is 10.1. The van der Waals surface area contributed by atoms with E-state index in [2.05, 4.69) is 14.9 Å². The number of halogens is 1. The van der Waals surface area contributed by atoms with Gasteiger partial charge in [-0.1, -0.05) is 11.6 Å². The molecule has 0 radical (unpaired) electrons. The highest BCUT2D eigenvalue weighted by atomic mass is 35.5. The number of thiophene rings is 1. The second-order valence-electron chi connectivity index (χ2n) is 7.84. The monoisotopic (exact) mass is 490 g/mol. The maximum Gasteiger partial charge on any atom is 0.264 e. The zero-order valence-electron chi connectivity index (χ0n) is 19.2. The summed E-state index contributed by atoms with van der Waals surface area (Å²) >= 11 is 7.55. The summed E-state index contributed by atoms with van der Waals surface area (Å²) in [7, 11) is 4.83. The first-order chi connectivity index (χ1) is 15.9. The van der Waals surface area contributed by atoms with Crippen LogP contribution in [0.2, 0.25) is 5.02 Å². The molecule has 33 heavy (non-hydrogen) atoms. The third-order valence-electron chi connectivity index (χ3n) is 5.76. The maximum atomic E-state index is 13.4. The predicted octanol–water partition coefficient (Wildman–Crippen LogP) is 3.77. The molecule has 4 rings (SSSR count). The molecule has 1 saturated heterocycles. The molecule has 3 heterocycles. The van der Waals surface area contributed by atoms with Crippen molar-refractivity contribution >= 4 is 39.1 Å². The van der Waals surface area contributed by atoms with E-state index in [1.54, 1.807) is 21.3 Å². The van der Waals surface area contributed by atoms with E-state index in [0.29, 0.717) is 34.7 Å². The van der Waals surface area contributed by atoms with Crippen molar-refractivity contribution in [2.24, 2.45) is 0 Å². The molecule has 1 amide bonds. The number of aromatic nitrogens is 2. The van der Waals surface area contributed by atoms with Crippen LogP contribution in [0.25, 0.3) is 10.2 Å². The first kappa shape index (κ1) is 23.7. The Morgan fingerprint density at radius 1 is 1.12 bits per heavy atom. The Bertz CT molecular complexity index is 1160. The van der Waals surface area contributed by atoms with Gasteiger partial charge in [0.1, 0.15) is 17.2 Å². The lowest BCUT2D eigenvalue weighted by Crippen LogP contribution is -2.48. The molecule has 0 atom stereocenters. The number of aryl methyl sites for hydroxylation is 1. The van der Waals surface area contributed by atoms with Gasteiger partial charge in [-0.3, -0.25) is 9.69 Å². The Morgan fingerprint density at radius 3 is 2.55 bits per heavy atom. The van der Waals surface area contributed by atoms with Gasteiger partial charge in [0.2, 0.25) is 5.88 Å². The van der Waals surface area contributed by atoms with Gasteiger partial charge in [-0.2, -0.15) is 4.98 Å². The van der Waals surface area contributed by atoms with Crippen molar-refractivity contribution in [3.05, 3.63) is 45.1 Å². The van der Waals surface area contributed by atoms with E-state index < -0.39 is 0 Å². The Hall–Kier alpha value is -2.46. The van der Waals surface area contributed by atoms with Crippen molar-refractivity contribution < 1.29 is 19.0 Å². The van der Waals surface area contributed by atoms with Gasteiger partial charge in [0, 0.05) is 50.4 Å². The summed E-state index contributed by atoms with van der Waals surface area (Å²) in [5.41, 5.74) is 1.90. The number of carbonyl (C=O) groups excluding carboxylic acids is 1. The average molecular weight is 491 g/mol. The van der Waals surface area contributed by atoms with Crippen LogP contribution in [0.4, 0.5) is 0 Å². The molecule has 10 heteroatoms. The smallest absolute Gasteiger partial charge is 0.264 e. The number of hydrogen-bond donors (Lipinski definition) is 0. The molecule has 2 aromatic heterocycles. The summed E-state index contributed by atoms with van der Waals surface area (Å²) in [6.07, 6.45) is 0. The van der Waals surface area contributed by atoms with Gasteiger partial charge in [-0.25, -0.2) is 4.98 Å². The van der Waals surface area contributed by atoms with Gasteiger partial charge >= 0.3 is 0 Å². The second-order valence-corrected chi connectivity index (χ2v) is 9.28. The molecule has 0 unspecified atom stereocenters. The van der Waals surface area contributed by atoms with Crippen LogP contribution in [-0.2, 0) is 17.9 Å².